The molecule has 3 aromatic rings. The van der Waals surface area contributed by atoms with Crippen LogP contribution in [0.3, 0.4) is 0 Å². The molecule has 0 spiro atoms. The van der Waals surface area contributed by atoms with Crippen LogP contribution in [0.5, 0.6) is 11.5 Å². The van der Waals surface area contributed by atoms with Gasteiger partial charge in [-0.25, -0.2) is 0 Å². The molecule has 0 aliphatic heterocycles. The van der Waals surface area contributed by atoms with E-state index in [1.807, 2.05) is 36.4 Å². The van der Waals surface area contributed by atoms with Crippen LogP contribution >= 0.6 is 0 Å². The largest absolute Gasteiger partial charge is 0.506 e. The molecular weight excluding hydrogens is 494 g/mol. The lowest BCUT2D eigenvalue weighted by Gasteiger charge is -2.19. The van der Waals surface area contributed by atoms with Crippen molar-refractivity contribution in [3.63, 3.8) is 0 Å². The predicted octanol–water partition coefficient (Wildman–Crippen LogP) is 9.77. The number of amides is 1. The Morgan fingerprint density at radius 1 is 0.775 bits per heavy atom. The van der Waals surface area contributed by atoms with Gasteiger partial charge in [0.25, 0.3) is 5.91 Å². The minimum absolute atomic E-state index is 0.0189. The number of aryl methyl sites for hydroxylation is 1. The number of aromatic hydroxyl groups is 1. The fraction of sp³-hybridized carbons (Fsp3) is 0.528. The number of carbonyl (C=O) groups is 1. The van der Waals surface area contributed by atoms with E-state index >= 15 is 0 Å². The Labute approximate surface area is 242 Å². The SMILES string of the molecule is CCCCCCCCCCCCCCCc1cccc(OC(CC)CNC(=O)c2ccc3ccccc3c2O)c1. The summed E-state index contributed by atoms with van der Waals surface area (Å²) in [6.07, 6.45) is 19.5. The monoisotopic (exact) mass is 545 g/mol. The number of hydrogen-bond donors (Lipinski definition) is 2. The molecule has 0 saturated carbocycles. The van der Waals surface area contributed by atoms with E-state index in [0.717, 1.165) is 24.0 Å². The number of ether oxygens (including phenoxy) is 1. The molecule has 1 atom stereocenters. The van der Waals surface area contributed by atoms with Crippen molar-refractivity contribution >= 4 is 16.7 Å². The second kappa shape index (κ2) is 18.4. The number of unbranched alkanes of at least 4 members (excludes halogenated alkanes) is 12. The summed E-state index contributed by atoms with van der Waals surface area (Å²) in [5, 5.41) is 15.1. The zero-order chi connectivity index (χ0) is 28.4. The number of nitrogens with one attached hydrogen (secondary N) is 1. The fourth-order valence-electron chi connectivity index (χ4n) is 5.32. The minimum atomic E-state index is -0.290. The smallest absolute Gasteiger partial charge is 0.255 e. The lowest BCUT2D eigenvalue weighted by Crippen LogP contribution is -2.35. The number of phenolic OH excluding ortho intramolecular Hbond substituents is 1. The van der Waals surface area contributed by atoms with Crippen LogP contribution in [0.2, 0.25) is 0 Å². The molecule has 0 saturated heterocycles. The molecule has 3 aromatic carbocycles. The van der Waals surface area contributed by atoms with Crippen LogP contribution in [-0.4, -0.2) is 23.7 Å². The third-order valence-electron chi connectivity index (χ3n) is 7.86. The molecule has 0 heterocycles. The van der Waals surface area contributed by atoms with Gasteiger partial charge in [-0.1, -0.05) is 133 Å². The van der Waals surface area contributed by atoms with Gasteiger partial charge in [-0.05, 0) is 48.4 Å². The quantitative estimate of drug-likeness (QED) is 0.139. The lowest BCUT2D eigenvalue weighted by molar-refractivity contribution is 0.0923. The standard InChI is InChI=1S/C36H51NO3/c1-3-5-6-7-8-9-10-11-12-13-14-15-16-20-29-21-19-23-32(27-29)40-31(4-2)28-37-36(39)34-26-25-30-22-17-18-24-33(30)35(34)38/h17-19,21-27,31,38H,3-16,20,28H2,1-2H3,(H,37,39). The first-order valence-electron chi connectivity index (χ1n) is 15.9. The van der Waals surface area contributed by atoms with Crippen LogP contribution in [0.15, 0.2) is 60.7 Å². The van der Waals surface area contributed by atoms with Gasteiger partial charge in [0, 0.05) is 5.39 Å². The molecule has 0 aliphatic carbocycles. The van der Waals surface area contributed by atoms with Crippen molar-refractivity contribution in [3.05, 3.63) is 71.8 Å². The molecule has 3 rings (SSSR count). The molecule has 0 fully saturated rings. The van der Waals surface area contributed by atoms with Crippen LogP contribution < -0.4 is 10.1 Å². The Morgan fingerprint density at radius 3 is 2.10 bits per heavy atom. The van der Waals surface area contributed by atoms with E-state index in [1.165, 1.54) is 89.0 Å². The molecule has 4 nitrogen and oxygen atoms in total. The van der Waals surface area contributed by atoms with Gasteiger partial charge in [0.2, 0.25) is 0 Å². The van der Waals surface area contributed by atoms with E-state index in [-0.39, 0.29) is 23.3 Å². The first kappa shape index (κ1) is 31.5. The Hall–Kier alpha value is -3.01. The highest BCUT2D eigenvalue weighted by Crippen LogP contribution is 2.28. The summed E-state index contributed by atoms with van der Waals surface area (Å²) >= 11 is 0. The normalized spacial score (nSPS) is 11.9. The van der Waals surface area contributed by atoms with Crippen molar-refractivity contribution in [1.29, 1.82) is 0 Å². The van der Waals surface area contributed by atoms with E-state index in [9.17, 15) is 9.90 Å². The van der Waals surface area contributed by atoms with Crippen molar-refractivity contribution < 1.29 is 14.6 Å². The van der Waals surface area contributed by atoms with Gasteiger partial charge >= 0.3 is 0 Å². The average molecular weight is 546 g/mol. The maximum Gasteiger partial charge on any atom is 0.255 e. The molecule has 0 bridgehead atoms. The number of benzene rings is 3. The van der Waals surface area contributed by atoms with Crippen molar-refractivity contribution in [2.24, 2.45) is 0 Å². The Kier molecular flexibility index (Phi) is 14.5. The van der Waals surface area contributed by atoms with Gasteiger partial charge < -0.3 is 15.2 Å². The molecular formula is C36H51NO3. The second-order valence-electron chi connectivity index (χ2n) is 11.2. The molecule has 0 aromatic heterocycles. The molecule has 0 aliphatic rings. The summed E-state index contributed by atoms with van der Waals surface area (Å²) in [5.74, 6) is 0.578. The highest BCUT2D eigenvalue weighted by molar-refractivity contribution is 6.03. The van der Waals surface area contributed by atoms with Crippen LogP contribution in [-0.2, 0) is 6.42 Å². The van der Waals surface area contributed by atoms with Gasteiger partial charge in [-0.15, -0.1) is 0 Å². The van der Waals surface area contributed by atoms with Gasteiger partial charge in [-0.3, -0.25) is 4.79 Å². The topological polar surface area (TPSA) is 58.6 Å². The molecule has 4 heteroatoms. The molecule has 1 amide bonds. The van der Waals surface area contributed by atoms with Crippen LogP contribution in [0.1, 0.15) is 120 Å². The van der Waals surface area contributed by atoms with Gasteiger partial charge in [0.15, 0.2) is 0 Å². The minimum Gasteiger partial charge on any atom is -0.506 e. The molecule has 1 unspecified atom stereocenters. The molecule has 0 radical (unpaired) electrons. The van der Waals surface area contributed by atoms with Crippen LogP contribution in [0.4, 0.5) is 0 Å². The van der Waals surface area contributed by atoms with E-state index in [0.29, 0.717) is 11.9 Å². The number of hydrogen-bond acceptors (Lipinski definition) is 3. The molecule has 40 heavy (non-hydrogen) atoms. The first-order chi connectivity index (χ1) is 19.6. The van der Waals surface area contributed by atoms with Crippen LogP contribution in [0, 0.1) is 0 Å². The highest BCUT2D eigenvalue weighted by Gasteiger charge is 2.16. The van der Waals surface area contributed by atoms with E-state index in [1.54, 1.807) is 6.07 Å². The van der Waals surface area contributed by atoms with Crippen molar-refractivity contribution in [2.75, 3.05) is 6.54 Å². The number of phenols is 1. The van der Waals surface area contributed by atoms with Crippen molar-refractivity contribution in [3.8, 4) is 11.5 Å². The summed E-state index contributed by atoms with van der Waals surface area (Å²) < 4.78 is 6.23. The second-order valence-corrected chi connectivity index (χ2v) is 11.2. The van der Waals surface area contributed by atoms with Gasteiger partial charge in [0.05, 0.1) is 12.1 Å². The summed E-state index contributed by atoms with van der Waals surface area (Å²) in [6.45, 7) is 4.72. The number of rotatable bonds is 20. The highest BCUT2D eigenvalue weighted by atomic mass is 16.5. The maximum absolute atomic E-state index is 12.8. The summed E-state index contributed by atoms with van der Waals surface area (Å²) in [6, 6.07) is 19.4. The van der Waals surface area contributed by atoms with Crippen LogP contribution in [0.25, 0.3) is 10.8 Å². The Morgan fingerprint density at radius 2 is 1.43 bits per heavy atom. The predicted molar refractivity (Wildman–Crippen MR) is 168 cm³/mol. The Balaban J connectivity index is 1.33. The third-order valence-corrected chi connectivity index (χ3v) is 7.86. The fourth-order valence-corrected chi connectivity index (χ4v) is 5.32. The van der Waals surface area contributed by atoms with E-state index < -0.39 is 0 Å². The number of carbonyl (C=O) groups excluding carboxylic acids is 1. The lowest BCUT2D eigenvalue weighted by atomic mass is 10.0. The zero-order valence-electron chi connectivity index (χ0n) is 24.9. The number of fused-ring (bicyclic) bond motifs is 1. The van der Waals surface area contributed by atoms with Crippen molar-refractivity contribution in [1.82, 2.24) is 5.32 Å². The molecule has 2 N–H and O–H groups in total. The average Bonchev–Trinajstić information content (AvgIpc) is 2.98. The van der Waals surface area contributed by atoms with Crippen molar-refractivity contribution in [2.45, 2.75) is 116 Å². The third kappa shape index (κ3) is 10.9. The summed E-state index contributed by atoms with van der Waals surface area (Å²) in [5.41, 5.74) is 1.59. The first-order valence-corrected chi connectivity index (χ1v) is 15.9. The van der Waals surface area contributed by atoms with Gasteiger partial charge in [-0.2, -0.15) is 0 Å². The maximum atomic E-state index is 12.8. The van der Waals surface area contributed by atoms with E-state index in [4.69, 9.17) is 4.74 Å². The summed E-state index contributed by atoms with van der Waals surface area (Å²) in [7, 11) is 0. The molecule has 218 valence electrons. The summed E-state index contributed by atoms with van der Waals surface area (Å²) in [4.78, 5) is 12.8. The van der Waals surface area contributed by atoms with E-state index in [2.05, 4.69) is 37.4 Å². The van der Waals surface area contributed by atoms with Gasteiger partial charge in [0.1, 0.15) is 17.6 Å². The zero-order valence-corrected chi connectivity index (χ0v) is 24.9. The Bertz CT molecular complexity index is 1140.